The molecule has 4 N–H and O–H groups in total. The summed E-state index contributed by atoms with van der Waals surface area (Å²) in [7, 11) is 0. The molecular formula is C15H19N3O. The summed E-state index contributed by atoms with van der Waals surface area (Å²) >= 11 is 0. The minimum atomic E-state index is -0.196. The number of fused-ring (bicyclic) bond motifs is 3. The Morgan fingerprint density at radius 2 is 2.26 bits per heavy atom. The van der Waals surface area contributed by atoms with Gasteiger partial charge in [0.05, 0.1) is 0 Å². The Morgan fingerprint density at radius 1 is 1.47 bits per heavy atom. The second-order valence-corrected chi connectivity index (χ2v) is 5.21. The number of primary amides is 1. The molecule has 1 aromatic heterocycles. The van der Waals surface area contributed by atoms with Crippen LogP contribution in [-0.2, 0) is 11.2 Å². The lowest BCUT2D eigenvalue weighted by Gasteiger charge is -2.28. The van der Waals surface area contributed by atoms with Gasteiger partial charge in [-0.1, -0.05) is 25.1 Å². The van der Waals surface area contributed by atoms with Gasteiger partial charge in [-0.05, 0) is 31.0 Å². The summed E-state index contributed by atoms with van der Waals surface area (Å²) in [6.07, 6.45) is 1.53. The minimum absolute atomic E-state index is 0.0734. The number of nitrogens with one attached hydrogen (secondary N) is 2. The van der Waals surface area contributed by atoms with E-state index in [4.69, 9.17) is 5.73 Å². The van der Waals surface area contributed by atoms with Crippen molar-refractivity contribution in [3.63, 3.8) is 0 Å². The zero-order valence-electron chi connectivity index (χ0n) is 11.1. The van der Waals surface area contributed by atoms with E-state index in [9.17, 15) is 4.79 Å². The van der Waals surface area contributed by atoms with Gasteiger partial charge in [-0.25, -0.2) is 0 Å². The van der Waals surface area contributed by atoms with E-state index in [-0.39, 0.29) is 17.9 Å². The summed E-state index contributed by atoms with van der Waals surface area (Å²) in [6.45, 7) is 2.96. The number of carbonyl (C=O) groups excluding carboxylic acids is 1. The SMILES string of the molecule is CCNC1CC(C(N)=O)Cc2c1[nH]c1ccccc21. The molecule has 0 spiro atoms. The first-order valence-corrected chi connectivity index (χ1v) is 6.83. The van der Waals surface area contributed by atoms with E-state index < -0.39 is 0 Å². The fraction of sp³-hybridized carbons (Fsp3) is 0.400. The second kappa shape index (κ2) is 4.70. The average molecular weight is 257 g/mol. The van der Waals surface area contributed by atoms with Crippen molar-refractivity contribution < 1.29 is 4.79 Å². The third-order valence-electron chi connectivity index (χ3n) is 4.02. The molecule has 1 aromatic carbocycles. The van der Waals surface area contributed by atoms with Crippen LogP contribution in [0.5, 0.6) is 0 Å². The Kier molecular flexibility index (Phi) is 3.03. The van der Waals surface area contributed by atoms with E-state index in [0.29, 0.717) is 0 Å². The van der Waals surface area contributed by atoms with Gasteiger partial charge in [0.25, 0.3) is 0 Å². The van der Waals surface area contributed by atoms with Gasteiger partial charge in [0, 0.05) is 28.6 Å². The van der Waals surface area contributed by atoms with Crippen molar-refractivity contribution in [2.24, 2.45) is 11.7 Å². The first kappa shape index (κ1) is 12.2. The third kappa shape index (κ3) is 2.02. The molecule has 4 heteroatoms. The number of H-pyrrole nitrogens is 1. The molecule has 0 aliphatic heterocycles. The predicted molar refractivity (Wildman–Crippen MR) is 75.7 cm³/mol. The lowest BCUT2D eigenvalue weighted by atomic mass is 9.83. The number of hydrogen-bond donors (Lipinski definition) is 3. The highest BCUT2D eigenvalue weighted by atomic mass is 16.1. The van der Waals surface area contributed by atoms with E-state index in [2.05, 4.69) is 29.4 Å². The molecule has 0 bridgehead atoms. The molecule has 4 nitrogen and oxygen atoms in total. The summed E-state index contributed by atoms with van der Waals surface area (Å²) in [5.74, 6) is -0.269. The molecule has 1 amide bonds. The van der Waals surface area contributed by atoms with Crippen LogP contribution in [0.25, 0.3) is 10.9 Å². The Labute approximate surface area is 112 Å². The van der Waals surface area contributed by atoms with Crippen molar-refractivity contribution in [1.82, 2.24) is 10.3 Å². The molecule has 1 aliphatic rings. The Hall–Kier alpha value is -1.81. The number of amides is 1. The lowest BCUT2D eigenvalue weighted by molar-refractivity contribution is -0.122. The van der Waals surface area contributed by atoms with Crippen molar-refractivity contribution in [3.05, 3.63) is 35.5 Å². The first-order chi connectivity index (χ1) is 9.20. The van der Waals surface area contributed by atoms with Gasteiger partial charge >= 0.3 is 0 Å². The summed E-state index contributed by atoms with van der Waals surface area (Å²) in [5, 5.41) is 4.66. The third-order valence-corrected chi connectivity index (χ3v) is 4.02. The van der Waals surface area contributed by atoms with Gasteiger partial charge < -0.3 is 16.0 Å². The molecule has 0 fully saturated rings. The zero-order chi connectivity index (χ0) is 13.4. The molecule has 1 aliphatic carbocycles. The molecule has 100 valence electrons. The highest BCUT2D eigenvalue weighted by Crippen LogP contribution is 2.37. The number of nitrogens with two attached hydrogens (primary N) is 1. The second-order valence-electron chi connectivity index (χ2n) is 5.21. The standard InChI is InChI=1S/C15H19N3O/c1-2-17-13-8-9(15(16)19)7-11-10-5-3-4-6-12(10)18-14(11)13/h3-6,9,13,17-18H,2,7-8H2,1H3,(H2,16,19). The first-order valence-electron chi connectivity index (χ1n) is 6.83. The Morgan fingerprint density at radius 3 is 3.00 bits per heavy atom. The van der Waals surface area contributed by atoms with Crippen molar-refractivity contribution in [1.29, 1.82) is 0 Å². The minimum Gasteiger partial charge on any atom is -0.369 e. The maximum atomic E-state index is 11.6. The molecule has 1 heterocycles. The Bertz CT molecular complexity index is 617. The number of benzene rings is 1. The largest absolute Gasteiger partial charge is 0.369 e. The van der Waals surface area contributed by atoms with Crippen molar-refractivity contribution in [2.75, 3.05) is 6.54 Å². The molecular weight excluding hydrogens is 238 g/mol. The van der Waals surface area contributed by atoms with Crippen LogP contribution in [0.3, 0.4) is 0 Å². The van der Waals surface area contributed by atoms with Gasteiger partial charge in [0.2, 0.25) is 5.91 Å². The highest BCUT2D eigenvalue weighted by Gasteiger charge is 2.32. The van der Waals surface area contributed by atoms with Gasteiger partial charge in [0.15, 0.2) is 0 Å². The van der Waals surface area contributed by atoms with Crippen LogP contribution in [-0.4, -0.2) is 17.4 Å². The summed E-state index contributed by atoms with van der Waals surface area (Å²) < 4.78 is 0. The van der Waals surface area contributed by atoms with Crippen LogP contribution in [0.2, 0.25) is 0 Å². The topological polar surface area (TPSA) is 70.9 Å². The molecule has 0 saturated heterocycles. The van der Waals surface area contributed by atoms with Crippen LogP contribution in [0.1, 0.15) is 30.6 Å². The van der Waals surface area contributed by atoms with Gasteiger partial charge in [-0.2, -0.15) is 0 Å². The normalized spacial score (nSPS) is 22.4. The number of hydrogen-bond acceptors (Lipinski definition) is 2. The van der Waals surface area contributed by atoms with Crippen LogP contribution in [0.15, 0.2) is 24.3 Å². The maximum Gasteiger partial charge on any atom is 0.220 e. The molecule has 0 saturated carbocycles. The van der Waals surface area contributed by atoms with Crippen LogP contribution < -0.4 is 11.1 Å². The van der Waals surface area contributed by atoms with Crippen LogP contribution in [0.4, 0.5) is 0 Å². The molecule has 2 atom stereocenters. The van der Waals surface area contributed by atoms with E-state index in [1.807, 2.05) is 12.1 Å². The van der Waals surface area contributed by atoms with E-state index in [0.717, 1.165) is 24.9 Å². The maximum absolute atomic E-state index is 11.6. The number of aromatic nitrogens is 1. The number of aromatic amines is 1. The monoisotopic (exact) mass is 257 g/mol. The van der Waals surface area contributed by atoms with Crippen molar-refractivity contribution in [3.8, 4) is 0 Å². The van der Waals surface area contributed by atoms with Gasteiger partial charge in [0.1, 0.15) is 0 Å². The van der Waals surface area contributed by atoms with Gasteiger partial charge in [-0.3, -0.25) is 4.79 Å². The highest BCUT2D eigenvalue weighted by molar-refractivity contribution is 5.86. The average Bonchev–Trinajstić information content (AvgIpc) is 2.78. The van der Waals surface area contributed by atoms with Crippen LogP contribution >= 0.6 is 0 Å². The van der Waals surface area contributed by atoms with E-state index >= 15 is 0 Å². The van der Waals surface area contributed by atoms with Crippen molar-refractivity contribution in [2.45, 2.75) is 25.8 Å². The quantitative estimate of drug-likeness (QED) is 0.785. The zero-order valence-corrected chi connectivity index (χ0v) is 11.1. The lowest BCUT2D eigenvalue weighted by Crippen LogP contribution is -2.35. The number of para-hydroxylation sites is 1. The fourth-order valence-corrected chi connectivity index (χ4v) is 3.12. The smallest absolute Gasteiger partial charge is 0.220 e. The van der Waals surface area contributed by atoms with Gasteiger partial charge in [-0.15, -0.1) is 0 Å². The summed E-state index contributed by atoms with van der Waals surface area (Å²) in [6, 6.07) is 8.44. The summed E-state index contributed by atoms with van der Waals surface area (Å²) in [4.78, 5) is 15.1. The van der Waals surface area contributed by atoms with E-state index in [1.54, 1.807) is 0 Å². The van der Waals surface area contributed by atoms with Crippen LogP contribution in [0, 0.1) is 5.92 Å². The molecule has 2 unspecified atom stereocenters. The molecule has 0 radical (unpaired) electrons. The fourth-order valence-electron chi connectivity index (χ4n) is 3.12. The Balaban J connectivity index is 2.11. The van der Waals surface area contributed by atoms with E-state index in [1.165, 1.54) is 16.6 Å². The molecule has 19 heavy (non-hydrogen) atoms. The number of carbonyl (C=O) groups is 1. The van der Waals surface area contributed by atoms with Crippen molar-refractivity contribution >= 4 is 16.8 Å². The summed E-state index contributed by atoms with van der Waals surface area (Å²) in [5.41, 5.74) is 9.13. The predicted octanol–water partition coefficient (Wildman–Crippen LogP) is 1.87. The molecule has 2 aromatic rings. The molecule has 3 rings (SSSR count). The number of rotatable bonds is 3.